The second-order valence-electron chi connectivity index (χ2n) is 6.62. The van der Waals surface area contributed by atoms with Crippen LogP contribution in [-0.2, 0) is 4.79 Å². The summed E-state index contributed by atoms with van der Waals surface area (Å²) in [7, 11) is 0. The number of amides is 1. The first-order chi connectivity index (χ1) is 10.4. The Morgan fingerprint density at radius 1 is 1.27 bits per heavy atom. The van der Waals surface area contributed by atoms with E-state index in [9.17, 15) is 4.79 Å². The van der Waals surface area contributed by atoms with Crippen LogP contribution in [0.3, 0.4) is 0 Å². The van der Waals surface area contributed by atoms with Crippen molar-refractivity contribution in [2.45, 2.75) is 58.6 Å². The predicted octanol–water partition coefficient (Wildman–Crippen LogP) is 2.84. The van der Waals surface area contributed by atoms with Crippen LogP contribution in [0.25, 0.3) is 0 Å². The first-order valence-electron chi connectivity index (χ1n) is 8.20. The molecular formula is C18H28N2O2. The van der Waals surface area contributed by atoms with Gasteiger partial charge in [-0.2, -0.15) is 0 Å². The van der Waals surface area contributed by atoms with Crippen molar-refractivity contribution in [1.82, 2.24) is 4.90 Å². The van der Waals surface area contributed by atoms with Gasteiger partial charge in [0.25, 0.3) is 5.91 Å². The molecule has 1 atom stereocenters. The van der Waals surface area contributed by atoms with Gasteiger partial charge in [-0.05, 0) is 49.8 Å². The molecule has 1 aromatic carbocycles. The molecule has 22 heavy (non-hydrogen) atoms. The molecule has 1 fully saturated rings. The van der Waals surface area contributed by atoms with Gasteiger partial charge in [0.15, 0.2) is 6.10 Å². The zero-order chi connectivity index (χ0) is 16.3. The number of hydrogen-bond donors (Lipinski definition) is 1. The van der Waals surface area contributed by atoms with Gasteiger partial charge >= 0.3 is 0 Å². The number of likely N-dealkylation sites (tertiary alicyclic amines) is 1. The van der Waals surface area contributed by atoms with E-state index in [-0.39, 0.29) is 11.9 Å². The zero-order valence-electron chi connectivity index (χ0n) is 14.1. The number of benzene rings is 1. The van der Waals surface area contributed by atoms with Gasteiger partial charge in [-0.15, -0.1) is 0 Å². The molecule has 4 heteroatoms. The van der Waals surface area contributed by atoms with Crippen LogP contribution >= 0.6 is 0 Å². The summed E-state index contributed by atoms with van der Waals surface area (Å²) >= 11 is 0. The number of nitrogens with two attached hydrogens (primary N) is 1. The van der Waals surface area contributed by atoms with Gasteiger partial charge in [0.1, 0.15) is 5.75 Å². The standard InChI is InChI=1S/C18H28N2O2/c1-12(2)16-6-5-13(3)11-17(16)22-14(4)18(21)20-9-7-15(19)8-10-20/h5-6,11-12,14-15H,7-10,19H2,1-4H3/t14-/m0/s1. The molecule has 0 radical (unpaired) electrons. The number of piperidine rings is 1. The van der Waals surface area contributed by atoms with Crippen molar-refractivity contribution in [3.63, 3.8) is 0 Å². The topological polar surface area (TPSA) is 55.6 Å². The molecule has 0 bridgehead atoms. The lowest BCUT2D eigenvalue weighted by atomic mass is 10.0. The fourth-order valence-electron chi connectivity index (χ4n) is 2.84. The monoisotopic (exact) mass is 304 g/mol. The number of rotatable bonds is 4. The van der Waals surface area contributed by atoms with Crippen LogP contribution in [0.15, 0.2) is 18.2 Å². The van der Waals surface area contributed by atoms with E-state index in [0.717, 1.165) is 42.8 Å². The van der Waals surface area contributed by atoms with Gasteiger partial charge < -0.3 is 15.4 Å². The Labute approximate surface area is 133 Å². The third-order valence-corrected chi connectivity index (χ3v) is 4.29. The molecule has 122 valence electrons. The van der Waals surface area contributed by atoms with Crippen LogP contribution < -0.4 is 10.5 Å². The Balaban J connectivity index is 2.06. The number of carbonyl (C=O) groups is 1. The minimum absolute atomic E-state index is 0.0584. The molecule has 0 spiro atoms. The van der Waals surface area contributed by atoms with Crippen LogP contribution in [0, 0.1) is 6.92 Å². The number of carbonyl (C=O) groups excluding carboxylic acids is 1. The van der Waals surface area contributed by atoms with Gasteiger partial charge in [-0.25, -0.2) is 0 Å². The van der Waals surface area contributed by atoms with Crippen molar-refractivity contribution in [2.75, 3.05) is 13.1 Å². The molecule has 1 aromatic rings. The number of ether oxygens (including phenoxy) is 1. The Morgan fingerprint density at radius 3 is 2.50 bits per heavy atom. The fraction of sp³-hybridized carbons (Fsp3) is 0.611. The molecule has 2 N–H and O–H groups in total. The maximum Gasteiger partial charge on any atom is 0.263 e. The number of nitrogens with zero attached hydrogens (tertiary/aromatic N) is 1. The Morgan fingerprint density at radius 2 is 1.91 bits per heavy atom. The van der Waals surface area contributed by atoms with Gasteiger partial charge in [-0.1, -0.05) is 26.0 Å². The molecule has 1 amide bonds. The Hall–Kier alpha value is -1.55. The van der Waals surface area contributed by atoms with E-state index in [4.69, 9.17) is 10.5 Å². The van der Waals surface area contributed by atoms with Gasteiger partial charge in [0.05, 0.1) is 0 Å². The minimum Gasteiger partial charge on any atom is -0.481 e. The van der Waals surface area contributed by atoms with Crippen LogP contribution in [0.2, 0.25) is 0 Å². The summed E-state index contributed by atoms with van der Waals surface area (Å²) in [6.45, 7) is 9.61. The number of hydrogen-bond acceptors (Lipinski definition) is 3. The molecule has 0 aliphatic carbocycles. The molecule has 0 unspecified atom stereocenters. The van der Waals surface area contributed by atoms with E-state index in [1.165, 1.54) is 0 Å². The summed E-state index contributed by atoms with van der Waals surface area (Å²) in [6, 6.07) is 6.42. The maximum absolute atomic E-state index is 12.5. The van der Waals surface area contributed by atoms with Crippen molar-refractivity contribution >= 4 is 5.91 Å². The van der Waals surface area contributed by atoms with Crippen molar-refractivity contribution in [3.05, 3.63) is 29.3 Å². The molecule has 4 nitrogen and oxygen atoms in total. The smallest absolute Gasteiger partial charge is 0.263 e. The fourth-order valence-corrected chi connectivity index (χ4v) is 2.84. The molecule has 1 heterocycles. The second kappa shape index (κ2) is 7.14. The van der Waals surface area contributed by atoms with Gasteiger partial charge in [0.2, 0.25) is 0 Å². The van der Waals surface area contributed by atoms with Crippen LogP contribution in [0.4, 0.5) is 0 Å². The lowest BCUT2D eigenvalue weighted by Crippen LogP contribution is -2.47. The molecule has 1 aliphatic rings. The molecule has 0 aromatic heterocycles. The summed E-state index contributed by atoms with van der Waals surface area (Å²) in [5.41, 5.74) is 8.18. The average molecular weight is 304 g/mol. The molecular weight excluding hydrogens is 276 g/mol. The first kappa shape index (κ1) is 16.8. The molecule has 0 saturated carbocycles. The van der Waals surface area contributed by atoms with Crippen molar-refractivity contribution in [3.8, 4) is 5.75 Å². The lowest BCUT2D eigenvalue weighted by molar-refractivity contribution is -0.139. The third kappa shape index (κ3) is 4.01. The highest BCUT2D eigenvalue weighted by molar-refractivity contribution is 5.81. The summed E-state index contributed by atoms with van der Waals surface area (Å²) in [5, 5.41) is 0. The summed E-state index contributed by atoms with van der Waals surface area (Å²) in [6.07, 6.45) is 1.29. The van der Waals surface area contributed by atoms with Crippen LogP contribution in [0.5, 0.6) is 5.75 Å². The molecule has 2 rings (SSSR count). The largest absolute Gasteiger partial charge is 0.481 e. The van der Waals surface area contributed by atoms with Crippen LogP contribution in [-0.4, -0.2) is 36.0 Å². The zero-order valence-corrected chi connectivity index (χ0v) is 14.1. The van der Waals surface area contributed by atoms with Gasteiger partial charge in [0, 0.05) is 19.1 Å². The van der Waals surface area contributed by atoms with E-state index in [2.05, 4.69) is 26.0 Å². The van der Waals surface area contributed by atoms with Crippen molar-refractivity contribution in [2.24, 2.45) is 5.73 Å². The highest BCUT2D eigenvalue weighted by atomic mass is 16.5. The minimum atomic E-state index is -0.464. The summed E-state index contributed by atoms with van der Waals surface area (Å²) < 4.78 is 6.01. The van der Waals surface area contributed by atoms with Crippen LogP contribution in [0.1, 0.15) is 50.7 Å². The lowest BCUT2D eigenvalue weighted by Gasteiger charge is -2.32. The first-order valence-corrected chi connectivity index (χ1v) is 8.20. The highest BCUT2D eigenvalue weighted by Crippen LogP contribution is 2.28. The SMILES string of the molecule is Cc1ccc(C(C)C)c(O[C@@H](C)C(=O)N2CCC(N)CC2)c1. The maximum atomic E-state index is 12.5. The van der Waals surface area contributed by atoms with Crippen molar-refractivity contribution in [1.29, 1.82) is 0 Å². The second-order valence-corrected chi connectivity index (χ2v) is 6.62. The normalized spacial score (nSPS) is 17.6. The summed E-state index contributed by atoms with van der Waals surface area (Å²) in [5.74, 6) is 1.25. The third-order valence-electron chi connectivity index (χ3n) is 4.29. The Bertz CT molecular complexity index is 520. The Kier molecular flexibility index (Phi) is 5.46. The molecule has 1 saturated heterocycles. The van der Waals surface area contributed by atoms with Gasteiger partial charge in [-0.3, -0.25) is 4.79 Å². The van der Waals surface area contributed by atoms with E-state index in [0.29, 0.717) is 5.92 Å². The van der Waals surface area contributed by atoms with E-state index >= 15 is 0 Å². The van der Waals surface area contributed by atoms with E-state index in [1.54, 1.807) is 0 Å². The average Bonchev–Trinajstić information content (AvgIpc) is 2.47. The quantitative estimate of drug-likeness (QED) is 0.930. The highest BCUT2D eigenvalue weighted by Gasteiger charge is 2.26. The van der Waals surface area contributed by atoms with Crippen molar-refractivity contribution < 1.29 is 9.53 Å². The summed E-state index contributed by atoms with van der Waals surface area (Å²) in [4.78, 5) is 14.4. The number of aryl methyl sites for hydroxylation is 1. The van der Waals surface area contributed by atoms with E-state index < -0.39 is 6.10 Å². The predicted molar refractivity (Wildman–Crippen MR) is 89.1 cm³/mol. The van der Waals surface area contributed by atoms with E-state index in [1.807, 2.05) is 24.8 Å². The molecule has 1 aliphatic heterocycles.